The van der Waals surface area contributed by atoms with Crippen molar-refractivity contribution in [2.45, 2.75) is 52.0 Å². The molecule has 5 nitrogen and oxygen atoms in total. The lowest BCUT2D eigenvalue weighted by Gasteiger charge is -2.25. The molecular weight excluding hydrogens is 376 g/mol. The first-order chi connectivity index (χ1) is 14.5. The van der Waals surface area contributed by atoms with Crippen molar-refractivity contribution in [2.24, 2.45) is 0 Å². The summed E-state index contributed by atoms with van der Waals surface area (Å²) < 4.78 is 11.6. The average Bonchev–Trinajstić information content (AvgIpc) is 3.04. The highest BCUT2D eigenvalue weighted by molar-refractivity contribution is 5.94. The number of fused-ring (bicyclic) bond motifs is 1. The maximum absolute atomic E-state index is 13.0. The standard InChI is InChI=1S/C25H32N2O3/c1-17(2)20-8-4-7-18(3)25(20)26-24(28)16-27-12-5-9-21(27)19-10-11-22-23(15-19)30-14-6-13-29-22/h4,7-8,10-11,15,17,21H,5-6,9,12-14,16H2,1-3H3,(H,26,28). The summed E-state index contributed by atoms with van der Waals surface area (Å²) in [5.74, 6) is 2.05. The number of hydrogen-bond donors (Lipinski definition) is 1. The van der Waals surface area contributed by atoms with Gasteiger partial charge < -0.3 is 14.8 Å². The third-order valence-corrected chi connectivity index (χ3v) is 6.06. The van der Waals surface area contributed by atoms with E-state index in [1.165, 1.54) is 11.1 Å². The third kappa shape index (κ3) is 4.46. The van der Waals surface area contributed by atoms with Gasteiger partial charge in [-0.1, -0.05) is 38.1 Å². The molecule has 0 saturated carbocycles. The van der Waals surface area contributed by atoms with Crippen LogP contribution in [0.5, 0.6) is 11.5 Å². The lowest BCUT2D eigenvalue weighted by atomic mass is 9.98. The Labute approximate surface area is 179 Å². The van der Waals surface area contributed by atoms with Gasteiger partial charge in [0.2, 0.25) is 5.91 Å². The first kappa shape index (κ1) is 20.7. The molecule has 160 valence electrons. The molecule has 0 aromatic heterocycles. The Hall–Kier alpha value is -2.53. The molecular formula is C25H32N2O3. The number of ether oxygens (including phenoxy) is 2. The minimum absolute atomic E-state index is 0.0486. The van der Waals surface area contributed by atoms with E-state index in [9.17, 15) is 4.79 Å². The monoisotopic (exact) mass is 408 g/mol. The number of amides is 1. The van der Waals surface area contributed by atoms with Gasteiger partial charge >= 0.3 is 0 Å². The fraction of sp³-hybridized carbons (Fsp3) is 0.480. The summed E-state index contributed by atoms with van der Waals surface area (Å²) in [6.45, 7) is 9.07. The molecule has 1 saturated heterocycles. The van der Waals surface area contributed by atoms with Crippen molar-refractivity contribution in [3.05, 3.63) is 53.1 Å². The number of carbonyl (C=O) groups excluding carboxylic acids is 1. The van der Waals surface area contributed by atoms with Crippen LogP contribution in [0.25, 0.3) is 0 Å². The highest BCUT2D eigenvalue weighted by atomic mass is 16.5. The predicted molar refractivity (Wildman–Crippen MR) is 119 cm³/mol. The number of anilines is 1. The highest BCUT2D eigenvalue weighted by Crippen LogP contribution is 2.38. The summed E-state index contributed by atoms with van der Waals surface area (Å²) >= 11 is 0. The Balaban J connectivity index is 1.47. The van der Waals surface area contributed by atoms with Crippen LogP contribution in [0.4, 0.5) is 5.69 Å². The Morgan fingerprint density at radius 2 is 1.93 bits per heavy atom. The van der Waals surface area contributed by atoms with Crippen molar-refractivity contribution >= 4 is 11.6 Å². The van der Waals surface area contributed by atoms with E-state index < -0.39 is 0 Å². The largest absolute Gasteiger partial charge is 0.490 e. The van der Waals surface area contributed by atoms with E-state index >= 15 is 0 Å². The van der Waals surface area contributed by atoms with Gasteiger partial charge in [-0.2, -0.15) is 0 Å². The number of nitrogens with one attached hydrogen (secondary N) is 1. The van der Waals surface area contributed by atoms with Gasteiger partial charge in [0, 0.05) is 18.2 Å². The van der Waals surface area contributed by atoms with Gasteiger partial charge in [-0.3, -0.25) is 9.69 Å². The smallest absolute Gasteiger partial charge is 0.238 e. The first-order valence-corrected chi connectivity index (χ1v) is 11.1. The molecule has 1 fully saturated rings. The van der Waals surface area contributed by atoms with Gasteiger partial charge in [0.1, 0.15) is 0 Å². The van der Waals surface area contributed by atoms with Gasteiger partial charge in [0.25, 0.3) is 0 Å². The molecule has 5 heteroatoms. The highest BCUT2D eigenvalue weighted by Gasteiger charge is 2.29. The Morgan fingerprint density at radius 1 is 1.13 bits per heavy atom. The van der Waals surface area contributed by atoms with Gasteiger partial charge in [0.05, 0.1) is 19.8 Å². The Bertz CT molecular complexity index is 909. The molecule has 0 aliphatic carbocycles. The molecule has 1 unspecified atom stereocenters. The number of likely N-dealkylation sites (tertiary alicyclic amines) is 1. The van der Waals surface area contributed by atoms with Crippen LogP contribution >= 0.6 is 0 Å². The summed E-state index contributed by atoms with van der Waals surface area (Å²) in [4.78, 5) is 15.2. The Kier molecular flexibility index (Phi) is 6.28. The van der Waals surface area contributed by atoms with Gasteiger partial charge in [-0.25, -0.2) is 0 Å². The van der Waals surface area contributed by atoms with Crippen LogP contribution in [0.2, 0.25) is 0 Å². The number of nitrogens with zero attached hydrogens (tertiary/aromatic N) is 1. The van der Waals surface area contributed by atoms with Crippen molar-refractivity contribution in [1.29, 1.82) is 0 Å². The molecule has 2 aromatic carbocycles. The third-order valence-electron chi connectivity index (χ3n) is 6.06. The first-order valence-electron chi connectivity index (χ1n) is 11.1. The minimum Gasteiger partial charge on any atom is -0.490 e. The van der Waals surface area contributed by atoms with E-state index in [2.05, 4.69) is 61.3 Å². The molecule has 4 rings (SSSR count). The summed E-state index contributed by atoms with van der Waals surface area (Å²) in [6.07, 6.45) is 3.04. The average molecular weight is 409 g/mol. The molecule has 30 heavy (non-hydrogen) atoms. The number of para-hydroxylation sites is 1. The van der Waals surface area contributed by atoms with Crippen molar-refractivity contribution < 1.29 is 14.3 Å². The maximum atomic E-state index is 13.0. The molecule has 2 aromatic rings. The molecule has 0 spiro atoms. The second kappa shape index (κ2) is 9.09. The maximum Gasteiger partial charge on any atom is 0.238 e. The van der Waals surface area contributed by atoms with Gasteiger partial charge in [0.15, 0.2) is 11.5 Å². The molecule has 2 aliphatic rings. The molecule has 1 amide bonds. The summed E-state index contributed by atoms with van der Waals surface area (Å²) in [6, 6.07) is 12.7. The van der Waals surface area contributed by atoms with Crippen LogP contribution in [0, 0.1) is 6.92 Å². The van der Waals surface area contributed by atoms with E-state index in [4.69, 9.17) is 9.47 Å². The van der Waals surface area contributed by atoms with E-state index in [0.717, 1.165) is 48.6 Å². The molecule has 1 atom stereocenters. The zero-order chi connectivity index (χ0) is 21.1. The summed E-state index contributed by atoms with van der Waals surface area (Å²) in [5.41, 5.74) is 4.45. The molecule has 2 aliphatic heterocycles. The topological polar surface area (TPSA) is 50.8 Å². The lowest BCUT2D eigenvalue weighted by Crippen LogP contribution is -2.33. The van der Waals surface area contributed by atoms with Crippen molar-refractivity contribution in [3.63, 3.8) is 0 Å². The Morgan fingerprint density at radius 3 is 2.73 bits per heavy atom. The fourth-order valence-electron chi connectivity index (χ4n) is 4.49. The zero-order valence-corrected chi connectivity index (χ0v) is 18.2. The van der Waals surface area contributed by atoms with E-state index in [1.807, 2.05) is 6.07 Å². The van der Waals surface area contributed by atoms with Crippen LogP contribution in [-0.2, 0) is 4.79 Å². The SMILES string of the molecule is Cc1cccc(C(C)C)c1NC(=O)CN1CCCC1c1ccc2c(c1)OCCCO2. The molecule has 1 N–H and O–H groups in total. The molecule has 0 radical (unpaired) electrons. The molecule has 0 bridgehead atoms. The van der Waals surface area contributed by atoms with Crippen LogP contribution in [0.1, 0.15) is 61.8 Å². The van der Waals surface area contributed by atoms with Crippen LogP contribution in [0.3, 0.4) is 0 Å². The van der Waals surface area contributed by atoms with Crippen LogP contribution in [0.15, 0.2) is 36.4 Å². The van der Waals surface area contributed by atoms with E-state index in [-0.39, 0.29) is 11.9 Å². The fourth-order valence-corrected chi connectivity index (χ4v) is 4.49. The van der Waals surface area contributed by atoms with Gasteiger partial charge in [-0.15, -0.1) is 0 Å². The van der Waals surface area contributed by atoms with E-state index in [1.54, 1.807) is 0 Å². The van der Waals surface area contributed by atoms with Crippen LogP contribution in [-0.4, -0.2) is 37.1 Å². The summed E-state index contributed by atoms with van der Waals surface area (Å²) in [7, 11) is 0. The lowest BCUT2D eigenvalue weighted by molar-refractivity contribution is -0.117. The second-order valence-electron chi connectivity index (χ2n) is 8.63. The number of carbonyl (C=O) groups is 1. The predicted octanol–water partition coefficient (Wildman–Crippen LogP) is 5.06. The summed E-state index contributed by atoms with van der Waals surface area (Å²) in [5, 5.41) is 3.19. The van der Waals surface area contributed by atoms with Crippen molar-refractivity contribution in [1.82, 2.24) is 4.90 Å². The number of rotatable bonds is 5. The number of aryl methyl sites for hydroxylation is 1. The van der Waals surface area contributed by atoms with E-state index in [0.29, 0.717) is 25.7 Å². The second-order valence-corrected chi connectivity index (χ2v) is 8.63. The molecule has 2 heterocycles. The zero-order valence-electron chi connectivity index (χ0n) is 18.2. The number of hydrogen-bond acceptors (Lipinski definition) is 4. The van der Waals surface area contributed by atoms with Gasteiger partial charge in [-0.05, 0) is 61.1 Å². The van der Waals surface area contributed by atoms with Crippen molar-refractivity contribution in [3.8, 4) is 11.5 Å². The quantitative estimate of drug-likeness (QED) is 0.752. The normalized spacial score (nSPS) is 19.0. The van der Waals surface area contributed by atoms with Crippen molar-refractivity contribution in [2.75, 3.05) is 31.6 Å². The number of benzene rings is 2. The van der Waals surface area contributed by atoms with Crippen LogP contribution < -0.4 is 14.8 Å². The minimum atomic E-state index is 0.0486.